The van der Waals surface area contributed by atoms with Gasteiger partial charge >= 0.3 is 0 Å². The van der Waals surface area contributed by atoms with E-state index in [9.17, 15) is 4.79 Å². The summed E-state index contributed by atoms with van der Waals surface area (Å²) in [7, 11) is 0. The van der Waals surface area contributed by atoms with Gasteiger partial charge in [-0.2, -0.15) is 0 Å². The lowest BCUT2D eigenvalue weighted by atomic mass is 10.1. The van der Waals surface area contributed by atoms with Gasteiger partial charge in [0.15, 0.2) is 0 Å². The molecule has 108 valence electrons. The van der Waals surface area contributed by atoms with Crippen molar-refractivity contribution < 1.29 is 9.32 Å². The van der Waals surface area contributed by atoms with Crippen molar-refractivity contribution in [3.8, 4) is 0 Å². The molecule has 0 saturated heterocycles. The molecule has 6 heteroatoms. The Labute approximate surface area is 118 Å². The maximum absolute atomic E-state index is 12.1. The van der Waals surface area contributed by atoms with Crippen LogP contribution in [0.4, 0.5) is 0 Å². The average Bonchev–Trinajstić information content (AvgIpc) is 3.03. The van der Waals surface area contributed by atoms with Crippen molar-refractivity contribution in [3.63, 3.8) is 0 Å². The van der Waals surface area contributed by atoms with Crippen molar-refractivity contribution in [2.75, 3.05) is 0 Å². The quantitative estimate of drug-likeness (QED) is 0.870. The van der Waals surface area contributed by atoms with Crippen LogP contribution in [0.5, 0.6) is 0 Å². The Morgan fingerprint density at radius 1 is 1.50 bits per heavy atom. The molecule has 0 fully saturated rings. The van der Waals surface area contributed by atoms with Gasteiger partial charge in [0, 0.05) is 30.5 Å². The summed E-state index contributed by atoms with van der Waals surface area (Å²) in [5, 5.41) is 6.90. The van der Waals surface area contributed by atoms with Gasteiger partial charge in [0.05, 0.1) is 18.4 Å². The fourth-order valence-electron chi connectivity index (χ4n) is 2.12. The first-order chi connectivity index (χ1) is 9.60. The zero-order valence-electron chi connectivity index (χ0n) is 12.1. The zero-order chi connectivity index (χ0) is 14.5. The minimum atomic E-state index is -0.00800. The van der Waals surface area contributed by atoms with E-state index in [1.165, 1.54) is 0 Å². The fraction of sp³-hybridized carbons (Fsp3) is 0.500. The number of nitrogens with one attached hydrogen (secondary N) is 1. The molecule has 1 N–H and O–H groups in total. The number of aryl methyl sites for hydroxylation is 2. The lowest BCUT2D eigenvalue weighted by Crippen LogP contribution is -2.38. The number of amides is 1. The molecule has 2 aromatic heterocycles. The number of nitrogens with zero attached hydrogens (tertiary/aromatic N) is 3. The van der Waals surface area contributed by atoms with Crippen LogP contribution in [0.25, 0.3) is 0 Å². The molecule has 0 radical (unpaired) electrons. The van der Waals surface area contributed by atoms with Crippen LogP contribution in [-0.2, 0) is 17.8 Å². The van der Waals surface area contributed by atoms with Gasteiger partial charge in [-0.05, 0) is 20.3 Å². The monoisotopic (exact) mass is 276 g/mol. The van der Waals surface area contributed by atoms with E-state index in [0.29, 0.717) is 12.2 Å². The molecule has 0 aliphatic rings. The van der Waals surface area contributed by atoms with E-state index >= 15 is 0 Å². The maximum Gasteiger partial charge on any atom is 0.224 e. The highest BCUT2D eigenvalue weighted by molar-refractivity contribution is 5.79. The lowest BCUT2D eigenvalue weighted by Gasteiger charge is -2.17. The van der Waals surface area contributed by atoms with Gasteiger partial charge in [0.25, 0.3) is 0 Å². The Morgan fingerprint density at radius 2 is 2.30 bits per heavy atom. The molecule has 0 aliphatic heterocycles. The second kappa shape index (κ2) is 6.36. The Balaban J connectivity index is 1.92. The van der Waals surface area contributed by atoms with Gasteiger partial charge in [-0.25, -0.2) is 4.98 Å². The van der Waals surface area contributed by atoms with Crippen molar-refractivity contribution in [2.24, 2.45) is 0 Å². The van der Waals surface area contributed by atoms with Gasteiger partial charge in [-0.3, -0.25) is 4.79 Å². The predicted octanol–water partition coefficient (Wildman–Crippen LogP) is 1.63. The van der Waals surface area contributed by atoms with E-state index in [4.69, 9.17) is 4.52 Å². The number of hydrogen-bond acceptors (Lipinski definition) is 4. The first-order valence-corrected chi connectivity index (χ1v) is 6.77. The highest BCUT2D eigenvalue weighted by Crippen LogP contribution is 2.12. The summed E-state index contributed by atoms with van der Waals surface area (Å²) in [5.74, 6) is 0.701. The van der Waals surface area contributed by atoms with Crippen LogP contribution in [0.3, 0.4) is 0 Å². The van der Waals surface area contributed by atoms with Crippen LogP contribution in [0.15, 0.2) is 23.2 Å². The number of carbonyl (C=O) groups excluding carboxylic acids is 1. The normalized spacial score (nSPS) is 12.3. The van der Waals surface area contributed by atoms with Gasteiger partial charge in [0.1, 0.15) is 5.76 Å². The second-order valence-electron chi connectivity index (χ2n) is 4.91. The summed E-state index contributed by atoms with van der Waals surface area (Å²) in [6, 6.07) is 0.0946. The Kier molecular flexibility index (Phi) is 4.55. The van der Waals surface area contributed by atoms with Crippen LogP contribution in [0.2, 0.25) is 0 Å². The van der Waals surface area contributed by atoms with E-state index in [-0.39, 0.29) is 11.9 Å². The third kappa shape index (κ3) is 3.46. The highest BCUT2D eigenvalue weighted by atomic mass is 16.5. The zero-order valence-corrected chi connectivity index (χ0v) is 12.1. The van der Waals surface area contributed by atoms with Crippen LogP contribution in [-0.4, -0.2) is 26.7 Å². The Hall–Kier alpha value is -2.11. The molecule has 6 nitrogen and oxygen atoms in total. The summed E-state index contributed by atoms with van der Waals surface area (Å²) in [6.07, 6.45) is 6.55. The van der Waals surface area contributed by atoms with Crippen LogP contribution >= 0.6 is 0 Å². The third-order valence-electron chi connectivity index (χ3n) is 3.37. The molecule has 1 atom stereocenters. The molecule has 1 amide bonds. The molecule has 2 aromatic rings. The topological polar surface area (TPSA) is 73.0 Å². The van der Waals surface area contributed by atoms with E-state index < -0.39 is 0 Å². The summed E-state index contributed by atoms with van der Waals surface area (Å²) in [4.78, 5) is 16.1. The molecule has 0 saturated carbocycles. The van der Waals surface area contributed by atoms with Crippen LogP contribution in [0, 0.1) is 13.8 Å². The number of rotatable bonds is 6. The summed E-state index contributed by atoms with van der Waals surface area (Å²) in [5.41, 5.74) is 1.65. The van der Waals surface area contributed by atoms with E-state index in [1.807, 2.05) is 24.6 Å². The molecule has 20 heavy (non-hydrogen) atoms. The maximum atomic E-state index is 12.1. The predicted molar refractivity (Wildman–Crippen MR) is 74.1 cm³/mol. The van der Waals surface area contributed by atoms with Crippen LogP contribution in [0.1, 0.15) is 30.4 Å². The minimum absolute atomic E-state index is 0.00800. The number of imidazole rings is 1. The fourth-order valence-corrected chi connectivity index (χ4v) is 2.12. The Morgan fingerprint density at radius 3 is 2.85 bits per heavy atom. The smallest absolute Gasteiger partial charge is 0.224 e. The average molecular weight is 276 g/mol. The largest absolute Gasteiger partial charge is 0.361 e. The molecule has 0 spiro atoms. The van der Waals surface area contributed by atoms with E-state index in [2.05, 4.69) is 22.4 Å². The minimum Gasteiger partial charge on any atom is -0.361 e. The summed E-state index contributed by atoms with van der Waals surface area (Å²) >= 11 is 0. The van der Waals surface area contributed by atoms with Crippen molar-refractivity contribution in [1.82, 2.24) is 20.0 Å². The molecule has 2 heterocycles. The standard InChI is InChI=1S/C14H20N4O2/c1-4-12(8-18-6-5-15-9-18)16-14(19)7-13-10(2)17-20-11(13)3/h5-6,9,12H,4,7-8H2,1-3H3,(H,16,19)/t12-/m0/s1. The van der Waals surface area contributed by atoms with Gasteiger partial charge in [0.2, 0.25) is 5.91 Å². The first-order valence-electron chi connectivity index (χ1n) is 6.77. The van der Waals surface area contributed by atoms with Crippen molar-refractivity contribution >= 4 is 5.91 Å². The first kappa shape index (κ1) is 14.3. The number of hydrogen-bond donors (Lipinski definition) is 1. The molecule has 0 aliphatic carbocycles. The molecular weight excluding hydrogens is 256 g/mol. The lowest BCUT2D eigenvalue weighted by molar-refractivity contribution is -0.121. The van der Waals surface area contributed by atoms with Gasteiger partial charge in [-0.15, -0.1) is 0 Å². The van der Waals surface area contributed by atoms with Crippen molar-refractivity contribution in [2.45, 2.75) is 46.2 Å². The molecular formula is C14H20N4O2. The third-order valence-corrected chi connectivity index (χ3v) is 3.37. The van der Waals surface area contributed by atoms with E-state index in [0.717, 1.165) is 24.2 Å². The molecule has 2 rings (SSSR count). The molecule has 0 aromatic carbocycles. The number of carbonyl (C=O) groups is 1. The second-order valence-corrected chi connectivity index (χ2v) is 4.91. The van der Waals surface area contributed by atoms with Crippen LogP contribution < -0.4 is 5.32 Å². The highest BCUT2D eigenvalue weighted by Gasteiger charge is 2.16. The van der Waals surface area contributed by atoms with Gasteiger partial charge < -0.3 is 14.4 Å². The van der Waals surface area contributed by atoms with Gasteiger partial charge in [-0.1, -0.05) is 12.1 Å². The summed E-state index contributed by atoms with van der Waals surface area (Å²) < 4.78 is 7.03. The Bertz CT molecular complexity index is 540. The van der Waals surface area contributed by atoms with Crippen molar-refractivity contribution in [1.29, 1.82) is 0 Å². The molecule has 0 unspecified atom stereocenters. The number of aromatic nitrogens is 3. The molecule has 0 bridgehead atoms. The van der Waals surface area contributed by atoms with E-state index in [1.54, 1.807) is 12.5 Å². The summed E-state index contributed by atoms with van der Waals surface area (Å²) in [6.45, 7) is 6.45. The SMILES string of the molecule is CC[C@@H](Cn1ccnc1)NC(=O)Cc1c(C)noc1C. The van der Waals surface area contributed by atoms with Crippen molar-refractivity contribution in [3.05, 3.63) is 35.7 Å².